The van der Waals surface area contributed by atoms with Gasteiger partial charge in [0, 0.05) is 31.6 Å². The van der Waals surface area contributed by atoms with E-state index in [1.54, 1.807) is 0 Å². The zero-order valence-corrected chi connectivity index (χ0v) is 21.4. The van der Waals surface area contributed by atoms with E-state index in [0.29, 0.717) is 37.6 Å². The lowest BCUT2D eigenvalue weighted by atomic mass is 9.86. The SMILES string of the molecule is C[C@H]1OC(c2ccc(OCCCO)cc2)=N[C@@]1(Cc1ccccc1)C(=O)NCCCCc1ccccc1. The van der Waals surface area contributed by atoms with E-state index in [9.17, 15) is 4.79 Å². The third kappa shape index (κ3) is 6.98. The number of ether oxygens (including phenoxy) is 2. The van der Waals surface area contributed by atoms with Crippen LogP contribution in [0.4, 0.5) is 0 Å². The van der Waals surface area contributed by atoms with Crippen LogP contribution < -0.4 is 10.1 Å². The van der Waals surface area contributed by atoms with Crippen LogP contribution in [0, 0.1) is 0 Å². The normalized spacial score (nSPS) is 18.6. The highest BCUT2D eigenvalue weighted by Crippen LogP contribution is 2.33. The van der Waals surface area contributed by atoms with Crippen molar-refractivity contribution in [3.63, 3.8) is 0 Å². The van der Waals surface area contributed by atoms with Gasteiger partial charge in [0.15, 0.2) is 5.54 Å². The minimum Gasteiger partial charge on any atom is -0.494 e. The van der Waals surface area contributed by atoms with Crippen LogP contribution in [0.25, 0.3) is 0 Å². The monoisotopic (exact) mass is 500 g/mol. The van der Waals surface area contributed by atoms with E-state index in [2.05, 4.69) is 29.6 Å². The fraction of sp³-hybridized carbons (Fsp3) is 0.355. The van der Waals surface area contributed by atoms with Crippen LogP contribution in [0.5, 0.6) is 5.75 Å². The molecule has 1 heterocycles. The molecule has 2 atom stereocenters. The molecule has 2 N–H and O–H groups in total. The first kappa shape index (κ1) is 26.4. The highest BCUT2D eigenvalue weighted by Gasteiger charge is 2.50. The summed E-state index contributed by atoms with van der Waals surface area (Å²) in [7, 11) is 0. The largest absolute Gasteiger partial charge is 0.494 e. The first-order valence-electron chi connectivity index (χ1n) is 13.1. The molecule has 6 heteroatoms. The predicted octanol–water partition coefficient (Wildman–Crippen LogP) is 4.73. The molecule has 0 aromatic heterocycles. The predicted molar refractivity (Wildman–Crippen MR) is 146 cm³/mol. The van der Waals surface area contributed by atoms with Crippen LogP contribution in [0.1, 0.15) is 42.9 Å². The lowest BCUT2D eigenvalue weighted by Gasteiger charge is -2.28. The molecule has 0 bridgehead atoms. The van der Waals surface area contributed by atoms with Gasteiger partial charge in [0.1, 0.15) is 11.9 Å². The topological polar surface area (TPSA) is 80.2 Å². The number of hydrogen-bond donors (Lipinski definition) is 2. The summed E-state index contributed by atoms with van der Waals surface area (Å²) in [5, 5.41) is 12.1. The van der Waals surface area contributed by atoms with E-state index < -0.39 is 11.6 Å². The van der Waals surface area contributed by atoms with Crippen molar-refractivity contribution >= 4 is 11.8 Å². The van der Waals surface area contributed by atoms with E-state index in [1.165, 1.54) is 5.56 Å². The number of amides is 1. The van der Waals surface area contributed by atoms with Gasteiger partial charge in [-0.1, -0.05) is 60.7 Å². The highest BCUT2D eigenvalue weighted by molar-refractivity contribution is 6.00. The zero-order valence-electron chi connectivity index (χ0n) is 21.4. The number of carbonyl (C=O) groups is 1. The van der Waals surface area contributed by atoms with Crippen molar-refractivity contribution in [3.05, 3.63) is 102 Å². The Bertz CT molecular complexity index is 1150. The van der Waals surface area contributed by atoms with Crippen molar-refractivity contribution in [1.82, 2.24) is 5.32 Å². The minimum absolute atomic E-state index is 0.0964. The summed E-state index contributed by atoms with van der Waals surface area (Å²) >= 11 is 0. The number of carbonyl (C=O) groups excluding carboxylic acids is 1. The molecule has 0 radical (unpaired) electrons. The maximum Gasteiger partial charge on any atom is 0.252 e. The van der Waals surface area contributed by atoms with Crippen LogP contribution >= 0.6 is 0 Å². The van der Waals surface area contributed by atoms with Gasteiger partial charge in [-0.05, 0) is 61.6 Å². The number of hydrogen-bond acceptors (Lipinski definition) is 5. The van der Waals surface area contributed by atoms with Gasteiger partial charge in [0.2, 0.25) is 5.90 Å². The van der Waals surface area contributed by atoms with E-state index in [4.69, 9.17) is 19.6 Å². The molecular formula is C31H36N2O4. The average molecular weight is 501 g/mol. The third-order valence-corrected chi connectivity index (χ3v) is 6.66. The minimum atomic E-state index is -1.05. The van der Waals surface area contributed by atoms with Gasteiger partial charge in [-0.15, -0.1) is 0 Å². The van der Waals surface area contributed by atoms with Crippen LogP contribution in [0.2, 0.25) is 0 Å². The number of aliphatic imine (C=N–C) groups is 1. The summed E-state index contributed by atoms with van der Waals surface area (Å²) in [4.78, 5) is 18.6. The van der Waals surface area contributed by atoms with Gasteiger partial charge in [0.05, 0.1) is 6.61 Å². The molecular weight excluding hydrogens is 464 g/mol. The summed E-state index contributed by atoms with van der Waals surface area (Å²) in [5.74, 6) is 1.07. The van der Waals surface area contributed by atoms with Gasteiger partial charge in [-0.2, -0.15) is 0 Å². The van der Waals surface area contributed by atoms with Gasteiger partial charge < -0.3 is 19.9 Å². The first-order chi connectivity index (χ1) is 18.1. The van der Waals surface area contributed by atoms with Crippen LogP contribution in [-0.4, -0.2) is 48.3 Å². The van der Waals surface area contributed by atoms with Crippen molar-refractivity contribution < 1.29 is 19.4 Å². The molecule has 0 saturated carbocycles. The Morgan fingerprint density at radius 3 is 2.30 bits per heavy atom. The molecule has 1 aliphatic rings. The number of unbranched alkanes of at least 4 members (excludes halogenated alkanes) is 1. The molecule has 194 valence electrons. The molecule has 3 aromatic carbocycles. The second-order valence-electron chi connectivity index (χ2n) is 9.41. The molecule has 1 amide bonds. The quantitative estimate of drug-likeness (QED) is 0.333. The number of nitrogens with zero attached hydrogens (tertiary/aromatic N) is 1. The van der Waals surface area contributed by atoms with Crippen molar-refractivity contribution in [2.45, 2.75) is 50.7 Å². The number of aryl methyl sites for hydroxylation is 1. The maximum atomic E-state index is 13.7. The summed E-state index contributed by atoms with van der Waals surface area (Å²) in [5.41, 5.74) is 2.10. The lowest BCUT2D eigenvalue weighted by molar-refractivity contribution is -0.128. The molecule has 4 rings (SSSR count). The van der Waals surface area contributed by atoms with E-state index in [0.717, 1.165) is 30.4 Å². The molecule has 37 heavy (non-hydrogen) atoms. The standard InChI is InChI=1S/C31H36N2O4/c1-24-31(23-26-14-6-3-7-15-26,30(35)32-20-9-8-13-25-11-4-2-5-12-25)33-29(37-24)27-16-18-28(19-17-27)36-22-10-21-34/h2-7,11-12,14-19,24,34H,8-10,13,20-23H2,1H3,(H,32,35)/t24-,31-/m1/s1. The number of benzene rings is 3. The summed E-state index contributed by atoms with van der Waals surface area (Å²) < 4.78 is 11.8. The summed E-state index contributed by atoms with van der Waals surface area (Å²) in [6.07, 6.45) is 3.50. The van der Waals surface area contributed by atoms with Crippen LogP contribution in [0.3, 0.4) is 0 Å². The molecule has 0 aliphatic carbocycles. The smallest absolute Gasteiger partial charge is 0.252 e. The van der Waals surface area contributed by atoms with E-state index in [1.807, 2.05) is 67.6 Å². The summed E-state index contributed by atoms with van der Waals surface area (Å²) in [6.45, 7) is 3.07. The Balaban J connectivity index is 1.46. The fourth-order valence-electron chi connectivity index (χ4n) is 4.50. The van der Waals surface area contributed by atoms with Gasteiger partial charge in [-0.3, -0.25) is 4.79 Å². The average Bonchev–Trinajstić information content (AvgIpc) is 3.26. The van der Waals surface area contributed by atoms with Crippen LogP contribution in [-0.2, 0) is 22.4 Å². The second kappa shape index (κ2) is 13.1. The number of rotatable bonds is 13. The van der Waals surface area contributed by atoms with E-state index >= 15 is 0 Å². The number of aliphatic hydroxyl groups excluding tert-OH is 1. The molecule has 0 fully saturated rings. The number of aliphatic hydroxyl groups is 1. The molecule has 3 aromatic rings. The Morgan fingerprint density at radius 2 is 1.62 bits per heavy atom. The number of nitrogens with one attached hydrogen (secondary N) is 1. The Morgan fingerprint density at radius 1 is 0.946 bits per heavy atom. The molecule has 1 aliphatic heterocycles. The second-order valence-corrected chi connectivity index (χ2v) is 9.41. The van der Waals surface area contributed by atoms with Crippen molar-refractivity contribution in [2.24, 2.45) is 4.99 Å². The molecule has 6 nitrogen and oxygen atoms in total. The van der Waals surface area contributed by atoms with Crippen molar-refractivity contribution in [1.29, 1.82) is 0 Å². The van der Waals surface area contributed by atoms with Gasteiger partial charge in [0.25, 0.3) is 5.91 Å². The van der Waals surface area contributed by atoms with Gasteiger partial charge >= 0.3 is 0 Å². The Kier molecular flexibility index (Phi) is 9.33. The van der Waals surface area contributed by atoms with Crippen molar-refractivity contribution in [2.75, 3.05) is 19.8 Å². The molecule has 0 unspecified atom stereocenters. The molecule has 0 spiro atoms. The Labute approximate surface area is 219 Å². The summed E-state index contributed by atoms with van der Waals surface area (Å²) in [6, 6.07) is 27.9. The maximum absolute atomic E-state index is 13.7. The van der Waals surface area contributed by atoms with Crippen molar-refractivity contribution in [3.8, 4) is 5.75 Å². The van der Waals surface area contributed by atoms with E-state index in [-0.39, 0.29) is 12.5 Å². The Hall–Kier alpha value is -3.64. The zero-order chi connectivity index (χ0) is 25.9. The highest BCUT2D eigenvalue weighted by atomic mass is 16.5. The lowest BCUT2D eigenvalue weighted by Crippen LogP contribution is -2.52. The third-order valence-electron chi connectivity index (χ3n) is 6.66. The molecule has 0 saturated heterocycles. The first-order valence-corrected chi connectivity index (χ1v) is 13.1. The fourth-order valence-corrected chi connectivity index (χ4v) is 4.50. The van der Waals surface area contributed by atoms with Gasteiger partial charge in [-0.25, -0.2) is 4.99 Å². The van der Waals surface area contributed by atoms with Crippen LogP contribution in [0.15, 0.2) is 89.9 Å².